The molecular formula is C19H34. The topological polar surface area (TPSA) is 0 Å². The highest BCUT2D eigenvalue weighted by Crippen LogP contribution is 2.41. The van der Waals surface area contributed by atoms with Crippen molar-refractivity contribution in [2.75, 3.05) is 0 Å². The van der Waals surface area contributed by atoms with Crippen LogP contribution in [0.4, 0.5) is 0 Å². The molecule has 0 nitrogen and oxygen atoms in total. The Morgan fingerprint density at radius 3 is 2.16 bits per heavy atom. The second-order valence-corrected chi connectivity index (χ2v) is 6.92. The van der Waals surface area contributed by atoms with Gasteiger partial charge in [0, 0.05) is 0 Å². The molecule has 0 amide bonds. The van der Waals surface area contributed by atoms with Crippen molar-refractivity contribution < 1.29 is 0 Å². The first-order valence-electron chi connectivity index (χ1n) is 8.39. The van der Waals surface area contributed by atoms with Gasteiger partial charge in [0.1, 0.15) is 0 Å². The standard InChI is InChI=1S/C19H34/c1-6-8-9-10-18(19(4,5)15-7-2)17-13-11-16(3)12-14-17/h3,6-15H2,1-2,4-5H3. The van der Waals surface area contributed by atoms with E-state index in [2.05, 4.69) is 34.3 Å². The van der Waals surface area contributed by atoms with Crippen LogP contribution < -0.4 is 0 Å². The Morgan fingerprint density at radius 2 is 1.63 bits per heavy atom. The minimum Gasteiger partial charge on any atom is -0.0998 e. The molecule has 0 atom stereocenters. The van der Waals surface area contributed by atoms with Crippen LogP contribution in [-0.4, -0.2) is 0 Å². The van der Waals surface area contributed by atoms with Gasteiger partial charge >= 0.3 is 0 Å². The summed E-state index contributed by atoms with van der Waals surface area (Å²) >= 11 is 0. The van der Waals surface area contributed by atoms with E-state index in [4.69, 9.17) is 0 Å². The van der Waals surface area contributed by atoms with Crippen molar-refractivity contribution in [1.82, 2.24) is 0 Å². The van der Waals surface area contributed by atoms with Crippen LogP contribution in [0.5, 0.6) is 0 Å². The molecule has 1 saturated carbocycles. The van der Waals surface area contributed by atoms with Crippen molar-refractivity contribution in [2.45, 2.75) is 91.9 Å². The molecule has 0 saturated heterocycles. The van der Waals surface area contributed by atoms with Crippen molar-refractivity contribution in [3.8, 4) is 0 Å². The van der Waals surface area contributed by atoms with Crippen molar-refractivity contribution >= 4 is 0 Å². The molecule has 0 aromatic rings. The molecule has 0 spiro atoms. The number of unbranched alkanes of at least 4 members (excludes halogenated alkanes) is 2. The number of hydrogen-bond donors (Lipinski definition) is 0. The molecule has 0 heterocycles. The van der Waals surface area contributed by atoms with Crippen LogP contribution in [0.2, 0.25) is 0 Å². The second kappa shape index (κ2) is 7.92. The molecule has 0 radical (unpaired) electrons. The normalized spacial score (nSPS) is 16.8. The molecule has 0 bridgehead atoms. The van der Waals surface area contributed by atoms with Gasteiger partial charge in [-0.2, -0.15) is 0 Å². The predicted molar refractivity (Wildman–Crippen MR) is 87.5 cm³/mol. The minimum atomic E-state index is 0.413. The first-order valence-corrected chi connectivity index (χ1v) is 8.39. The summed E-state index contributed by atoms with van der Waals surface area (Å²) in [7, 11) is 0. The quantitative estimate of drug-likeness (QED) is 0.349. The first kappa shape index (κ1) is 16.5. The van der Waals surface area contributed by atoms with Gasteiger partial charge in [-0.3, -0.25) is 0 Å². The van der Waals surface area contributed by atoms with Gasteiger partial charge in [-0.1, -0.05) is 70.3 Å². The van der Waals surface area contributed by atoms with Crippen LogP contribution in [0.15, 0.2) is 23.3 Å². The Hall–Kier alpha value is -0.520. The lowest BCUT2D eigenvalue weighted by Gasteiger charge is -2.33. The highest BCUT2D eigenvalue weighted by molar-refractivity contribution is 5.25. The average Bonchev–Trinajstić information content (AvgIpc) is 2.36. The lowest BCUT2D eigenvalue weighted by atomic mass is 9.73. The van der Waals surface area contributed by atoms with E-state index in [1.54, 1.807) is 11.1 Å². The Kier molecular flexibility index (Phi) is 6.89. The molecule has 0 aromatic heterocycles. The maximum atomic E-state index is 4.16. The molecule has 0 aromatic carbocycles. The van der Waals surface area contributed by atoms with Gasteiger partial charge < -0.3 is 0 Å². The van der Waals surface area contributed by atoms with E-state index in [0.29, 0.717) is 5.41 Å². The maximum Gasteiger partial charge on any atom is -0.0142 e. The summed E-state index contributed by atoms with van der Waals surface area (Å²) in [5, 5.41) is 0. The monoisotopic (exact) mass is 262 g/mol. The average molecular weight is 262 g/mol. The first-order chi connectivity index (χ1) is 9.01. The van der Waals surface area contributed by atoms with Gasteiger partial charge in [0.2, 0.25) is 0 Å². The van der Waals surface area contributed by atoms with Gasteiger partial charge in [0.25, 0.3) is 0 Å². The predicted octanol–water partition coefficient (Wildman–Crippen LogP) is 6.82. The number of hydrogen-bond acceptors (Lipinski definition) is 0. The minimum absolute atomic E-state index is 0.413. The molecule has 19 heavy (non-hydrogen) atoms. The third-order valence-electron chi connectivity index (χ3n) is 4.71. The van der Waals surface area contributed by atoms with E-state index in [9.17, 15) is 0 Å². The molecule has 0 N–H and O–H groups in total. The Morgan fingerprint density at radius 1 is 1.00 bits per heavy atom. The van der Waals surface area contributed by atoms with Crippen molar-refractivity contribution in [2.24, 2.45) is 5.41 Å². The summed E-state index contributed by atoms with van der Waals surface area (Å²) in [6, 6.07) is 0. The van der Waals surface area contributed by atoms with Gasteiger partial charge in [0.05, 0.1) is 0 Å². The van der Waals surface area contributed by atoms with Crippen LogP contribution in [0.3, 0.4) is 0 Å². The SMILES string of the molecule is C=C1CCC(=C(CCCCC)C(C)(C)CCC)CC1. The van der Waals surface area contributed by atoms with E-state index >= 15 is 0 Å². The highest BCUT2D eigenvalue weighted by Gasteiger charge is 2.25. The Bertz CT molecular complexity index is 305. The molecule has 1 aliphatic rings. The van der Waals surface area contributed by atoms with Crippen LogP contribution in [-0.2, 0) is 0 Å². The lowest BCUT2D eigenvalue weighted by Crippen LogP contribution is -2.18. The molecule has 0 aliphatic heterocycles. The third kappa shape index (κ3) is 5.16. The zero-order valence-electron chi connectivity index (χ0n) is 13.8. The molecular weight excluding hydrogens is 228 g/mol. The highest BCUT2D eigenvalue weighted by atomic mass is 14.3. The van der Waals surface area contributed by atoms with Gasteiger partial charge in [-0.05, 0) is 50.4 Å². The summed E-state index contributed by atoms with van der Waals surface area (Å²) < 4.78 is 0. The van der Waals surface area contributed by atoms with E-state index in [1.807, 2.05) is 0 Å². The van der Waals surface area contributed by atoms with Crippen molar-refractivity contribution in [3.05, 3.63) is 23.3 Å². The molecule has 1 fully saturated rings. The van der Waals surface area contributed by atoms with Gasteiger partial charge in [0.15, 0.2) is 0 Å². The molecule has 1 aliphatic carbocycles. The summed E-state index contributed by atoms with van der Waals surface area (Å²) in [6.45, 7) is 13.7. The van der Waals surface area contributed by atoms with Gasteiger partial charge in [-0.15, -0.1) is 0 Å². The Balaban J connectivity index is 2.84. The van der Waals surface area contributed by atoms with E-state index in [1.165, 1.54) is 69.8 Å². The smallest absolute Gasteiger partial charge is 0.0142 e. The second-order valence-electron chi connectivity index (χ2n) is 6.92. The molecule has 0 unspecified atom stereocenters. The van der Waals surface area contributed by atoms with Crippen LogP contribution in [0.25, 0.3) is 0 Å². The molecule has 1 rings (SSSR count). The fraction of sp³-hybridized carbons (Fsp3) is 0.789. The van der Waals surface area contributed by atoms with Crippen molar-refractivity contribution in [3.63, 3.8) is 0 Å². The van der Waals surface area contributed by atoms with Crippen LogP contribution >= 0.6 is 0 Å². The van der Waals surface area contributed by atoms with E-state index < -0.39 is 0 Å². The third-order valence-corrected chi connectivity index (χ3v) is 4.71. The molecule has 110 valence electrons. The lowest BCUT2D eigenvalue weighted by molar-refractivity contribution is 0.376. The van der Waals surface area contributed by atoms with E-state index in [0.717, 1.165) is 0 Å². The summed E-state index contributed by atoms with van der Waals surface area (Å²) in [5.74, 6) is 0. The fourth-order valence-electron chi connectivity index (χ4n) is 3.53. The van der Waals surface area contributed by atoms with Crippen molar-refractivity contribution in [1.29, 1.82) is 0 Å². The van der Waals surface area contributed by atoms with Crippen LogP contribution in [0, 0.1) is 5.41 Å². The zero-order valence-corrected chi connectivity index (χ0v) is 13.8. The zero-order chi connectivity index (χ0) is 14.3. The summed E-state index contributed by atoms with van der Waals surface area (Å²) in [6.07, 6.45) is 13.1. The summed E-state index contributed by atoms with van der Waals surface area (Å²) in [5.41, 5.74) is 5.46. The Labute approximate surface area is 121 Å². The van der Waals surface area contributed by atoms with E-state index in [-0.39, 0.29) is 0 Å². The largest absolute Gasteiger partial charge is 0.0998 e. The maximum absolute atomic E-state index is 4.16. The summed E-state index contributed by atoms with van der Waals surface area (Å²) in [4.78, 5) is 0. The molecule has 0 heteroatoms. The fourth-order valence-corrected chi connectivity index (χ4v) is 3.53. The number of allylic oxidation sites excluding steroid dienone is 3. The van der Waals surface area contributed by atoms with Gasteiger partial charge in [-0.25, -0.2) is 0 Å². The van der Waals surface area contributed by atoms with Crippen LogP contribution in [0.1, 0.15) is 91.9 Å². The number of rotatable bonds is 7.